The van der Waals surface area contributed by atoms with E-state index < -0.39 is 5.54 Å². The summed E-state index contributed by atoms with van der Waals surface area (Å²) >= 11 is 0. The minimum absolute atomic E-state index is 0.112. The SMILES string of the molecule is CC(=O)NCCC(=O)N1CCNC(=O)C1(C)C. The van der Waals surface area contributed by atoms with Gasteiger partial charge in [-0.3, -0.25) is 14.4 Å². The molecule has 3 amide bonds. The average Bonchev–Trinajstić information content (AvgIpc) is 2.21. The molecule has 96 valence electrons. The average molecular weight is 241 g/mol. The zero-order chi connectivity index (χ0) is 13.1. The zero-order valence-corrected chi connectivity index (χ0v) is 10.5. The summed E-state index contributed by atoms with van der Waals surface area (Å²) in [6.45, 7) is 6.15. The first-order valence-electron chi connectivity index (χ1n) is 5.69. The molecule has 0 radical (unpaired) electrons. The second-order valence-corrected chi connectivity index (χ2v) is 4.59. The highest BCUT2D eigenvalue weighted by atomic mass is 16.2. The second-order valence-electron chi connectivity index (χ2n) is 4.59. The van der Waals surface area contributed by atoms with E-state index in [-0.39, 0.29) is 24.1 Å². The van der Waals surface area contributed by atoms with E-state index in [0.29, 0.717) is 19.6 Å². The van der Waals surface area contributed by atoms with Crippen molar-refractivity contribution in [2.75, 3.05) is 19.6 Å². The van der Waals surface area contributed by atoms with Gasteiger partial charge in [-0.25, -0.2) is 0 Å². The van der Waals surface area contributed by atoms with E-state index in [0.717, 1.165) is 0 Å². The number of hydrogen-bond acceptors (Lipinski definition) is 3. The van der Waals surface area contributed by atoms with Crippen LogP contribution in [0.5, 0.6) is 0 Å². The maximum atomic E-state index is 11.9. The number of piperazine rings is 1. The van der Waals surface area contributed by atoms with Crippen LogP contribution in [0.1, 0.15) is 27.2 Å². The Bertz CT molecular complexity index is 339. The summed E-state index contributed by atoms with van der Waals surface area (Å²) in [5.74, 6) is -0.413. The monoisotopic (exact) mass is 241 g/mol. The van der Waals surface area contributed by atoms with E-state index in [1.165, 1.54) is 6.92 Å². The standard InChI is InChI=1S/C11H19N3O3/c1-8(15)12-5-4-9(16)14-7-6-13-10(17)11(14,2)3/h4-7H2,1-3H3,(H,12,15)(H,13,17). The lowest BCUT2D eigenvalue weighted by Gasteiger charge is -2.41. The molecule has 0 aromatic heterocycles. The van der Waals surface area contributed by atoms with Crippen molar-refractivity contribution in [2.45, 2.75) is 32.7 Å². The molecule has 2 N–H and O–H groups in total. The maximum absolute atomic E-state index is 11.9. The largest absolute Gasteiger partial charge is 0.356 e. The summed E-state index contributed by atoms with van der Waals surface area (Å²) in [5, 5.41) is 5.30. The third kappa shape index (κ3) is 3.18. The van der Waals surface area contributed by atoms with Crippen molar-refractivity contribution in [1.82, 2.24) is 15.5 Å². The molecule has 6 heteroatoms. The van der Waals surface area contributed by atoms with Crippen molar-refractivity contribution in [3.05, 3.63) is 0 Å². The van der Waals surface area contributed by atoms with Crippen molar-refractivity contribution in [2.24, 2.45) is 0 Å². The van der Waals surface area contributed by atoms with Gasteiger partial charge in [0.25, 0.3) is 0 Å². The molecule has 0 bridgehead atoms. The molecule has 1 rings (SSSR count). The van der Waals surface area contributed by atoms with Crippen LogP contribution in [0, 0.1) is 0 Å². The van der Waals surface area contributed by atoms with Gasteiger partial charge in [-0.1, -0.05) is 0 Å². The van der Waals surface area contributed by atoms with Gasteiger partial charge in [0, 0.05) is 33.0 Å². The van der Waals surface area contributed by atoms with E-state index in [1.807, 2.05) is 0 Å². The summed E-state index contributed by atoms with van der Waals surface area (Å²) in [5.41, 5.74) is -0.814. The summed E-state index contributed by atoms with van der Waals surface area (Å²) in [6.07, 6.45) is 0.219. The highest BCUT2D eigenvalue weighted by Gasteiger charge is 2.39. The first-order valence-corrected chi connectivity index (χ1v) is 5.69. The predicted molar refractivity (Wildman–Crippen MR) is 62.1 cm³/mol. The molecule has 0 atom stereocenters. The van der Waals surface area contributed by atoms with Crippen LogP contribution in [0.2, 0.25) is 0 Å². The van der Waals surface area contributed by atoms with Gasteiger partial charge < -0.3 is 15.5 Å². The number of hydrogen-bond donors (Lipinski definition) is 2. The summed E-state index contributed by atoms with van der Waals surface area (Å²) in [4.78, 5) is 35.8. The zero-order valence-electron chi connectivity index (χ0n) is 10.5. The summed E-state index contributed by atoms with van der Waals surface area (Å²) in [6, 6.07) is 0. The second kappa shape index (κ2) is 5.16. The molecule has 1 aliphatic heterocycles. The van der Waals surface area contributed by atoms with Crippen molar-refractivity contribution >= 4 is 17.7 Å². The van der Waals surface area contributed by atoms with Crippen LogP contribution in [0.4, 0.5) is 0 Å². The molecule has 6 nitrogen and oxygen atoms in total. The Morgan fingerprint density at radius 1 is 1.47 bits per heavy atom. The fourth-order valence-electron chi connectivity index (χ4n) is 1.82. The highest BCUT2D eigenvalue weighted by molar-refractivity contribution is 5.92. The van der Waals surface area contributed by atoms with Crippen LogP contribution in [-0.4, -0.2) is 47.8 Å². The van der Waals surface area contributed by atoms with Crippen LogP contribution in [-0.2, 0) is 14.4 Å². The Balaban J connectivity index is 2.55. The lowest BCUT2D eigenvalue weighted by atomic mass is 9.98. The van der Waals surface area contributed by atoms with E-state index >= 15 is 0 Å². The molecule has 0 unspecified atom stereocenters. The van der Waals surface area contributed by atoms with Crippen LogP contribution >= 0.6 is 0 Å². The Morgan fingerprint density at radius 2 is 2.12 bits per heavy atom. The Labute approximate surface area is 101 Å². The van der Waals surface area contributed by atoms with E-state index in [1.54, 1.807) is 18.7 Å². The van der Waals surface area contributed by atoms with Gasteiger partial charge in [0.05, 0.1) is 0 Å². The number of nitrogens with one attached hydrogen (secondary N) is 2. The molecule has 17 heavy (non-hydrogen) atoms. The van der Waals surface area contributed by atoms with Gasteiger partial charge in [0.1, 0.15) is 5.54 Å². The maximum Gasteiger partial charge on any atom is 0.245 e. The molecular weight excluding hydrogens is 222 g/mol. The fourth-order valence-corrected chi connectivity index (χ4v) is 1.82. The Hall–Kier alpha value is -1.59. The number of amides is 3. The first-order chi connectivity index (χ1) is 7.85. The lowest BCUT2D eigenvalue weighted by Crippen LogP contribution is -2.63. The first kappa shape index (κ1) is 13.5. The fraction of sp³-hybridized carbons (Fsp3) is 0.727. The smallest absolute Gasteiger partial charge is 0.245 e. The Morgan fingerprint density at radius 3 is 2.71 bits per heavy atom. The minimum Gasteiger partial charge on any atom is -0.356 e. The number of carbonyl (C=O) groups is 3. The van der Waals surface area contributed by atoms with Crippen LogP contribution in [0.15, 0.2) is 0 Å². The molecule has 0 spiro atoms. The van der Waals surface area contributed by atoms with Gasteiger partial charge in [-0.05, 0) is 13.8 Å². The molecule has 0 aromatic rings. The molecule has 0 saturated carbocycles. The molecule has 0 aliphatic carbocycles. The molecule has 1 aliphatic rings. The molecular formula is C11H19N3O3. The van der Waals surface area contributed by atoms with Crippen molar-refractivity contribution in [3.8, 4) is 0 Å². The van der Waals surface area contributed by atoms with E-state index in [2.05, 4.69) is 10.6 Å². The molecule has 1 heterocycles. The van der Waals surface area contributed by atoms with Crippen LogP contribution in [0.3, 0.4) is 0 Å². The Kier molecular flexibility index (Phi) is 4.09. The van der Waals surface area contributed by atoms with Crippen LogP contribution < -0.4 is 10.6 Å². The number of nitrogens with zero attached hydrogens (tertiary/aromatic N) is 1. The van der Waals surface area contributed by atoms with Crippen molar-refractivity contribution in [1.29, 1.82) is 0 Å². The van der Waals surface area contributed by atoms with Crippen LogP contribution in [0.25, 0.3) is 0 Å². The minimum atomic E-state index is -0.814. The van der Waals surface area contributed by atoms with Gasteiger partial charge in [0.2, 0.25) is 17.7 Å². The van der Waals surface area contributed by atoms with Gasteiger partial charge in [-0.2, -0.15) is 0 Å². The number of rotatable bonds is 3. The third-order valence-electron chi connectivity index (χ3n) is 2.87. The van der Waals surface area contributed by atoms with Crippen molar-refractivity contribution in [3.63, 3.8) is 0 Å². The quantitative estimate of drug-likeness (QED) is 0.682. The van der Waals surface area contributed by atoms with Crippen molar-refractivity contribution < 1.29 is 14.4 Å². The lowest BCUT2D eigenvalue weighted by molar-refractivity contribution is -0.149. The van der Waals surface area contributed by atoms with Gasteiger partial charge in [0.15, 0.2) is 0 Å². The topological polar surface area (TPSA) is 78.5 Å². The molecule has 0 aromatic carbocycles. The number of carbonyl (C=O) groups excluding carboxylic acids is 3. The van der Waals surface area contributed by atoms with Gasteiger partial charge in [-0.15, -0.1) is 0 Å². The molecule has 1 fully saturated rings. The predicted octanol–water partition coefficient (Wildman–Crippen LogP) is -0.750. The van der Waals surface area contributed by atoms with E-state index in [9.17, 15) is 14.4 Å². The van der Waals surface area contributed by atoms with E-state index in [4.69, 9.17) is 0 Å². The van der Waals surface area contributed by atoms with Gasteiger partial charge >= 0.3 is 0 Å². The normalized spacial score (nSPS) is 18.5. The summed E-state index contributed by atoms with van der Waals surface area (Å²) in [7, 11) is 0. The molecule has 1 saturated heterocycles. The summed E-state index contributed by atoms with van der Waals surface area (Å²) < 4.78 is 0. The third-order valence-corrected chi connectivity index (χ3v) is 2.87. The highest BCUT2D eigenvalue weighted by Crippen LogP contribution is 2.18.